The molecular weight excluding hydrogens is 529 g/mol. The standard InChI is InChI=1S/C28H31ClFN3O4S/c1-4-15-31-28(35)21(3)32(18-22-10-8-9-20(2)16-22)27(34)19-33(23-13-14-26(30)25(29)17-23)38(36,37)24-11-6-5-7-12-24/h5-14,16-17,21H,4,15,18-19H2,1-3H3,(H,31,35)/t21-/m1/s1. The van der Waals surface area contributed by atoms with E-state index in [2.05, 4.69) is 5.32 Å². The summed E-state index contributed by atoms with van der Waals surface area (Å²) in [7, 11) is -4.25. The molecule has 1 N–H and O–H groups in total. The van der Waals surface area contributed by atoms with Crippen molar-refractivity contribution in [3.63, 3.8) is 0 Å². The zero-order valence-corrected chi connectivity index (χ0v) is 23.1. The van der Waals surface area contributed by atoms with E-state index in [1.165, 1.54) is 23.1 Å². The Morgan fingerprint density at radius 2 is 1.74 bits per heavy atom. The van der Waals surface area contributed by atoms with E-state index in [0.29, 0.717) is 6.54 Å². The third-order valence-electron chi connectivity index (χ3n) is 5.95. The molecule has 2 amide bonds. The lowest BCUT2D eigenvalue weighted by Crippen LogP contribution is -2.51. The van der Waals surface area contributed by atoms with Gasteiger partial charge >= 0.3 is 0 Å². The lowest BCUT2D eigenvalue weighted by Gasteiger charge is -2.32. The number of carbonyl (C=O) groups is 2. The minimum Gasteiger partial charge on any atom is -0.354 e. The van der Waals surface area contributed by atoms with E-state index in [9.17, 15) is 22.4 Å². The molecule has 3 rings (SSSR count). The highest BCUT2D eigenvalue weighted by molar-refractivity contribution is 7.92. The van der Waals surface area contributed by atoms with E-state index in [1.807, 2.05) is 38.1 Å². The van der Waals surface area contributed by atoms with Crippen molar-refractivity contribution in [1.29, 1.82) is 0 Å². The van der Waals surface area contributed by atoms with Gasteiger partial charge in [0.15, 0.2) is 0 Å². The number of amides is 2. The minimum atomic E-state index is -4.25. The van der Waals surface area contributed by atoms with Crippen molar-refractivity contribution in [2.24, 2.45) is 0 Å². The summed E-state index contributed by atoms with van der Waals surface area (Å²) < 4.78 is 42.2. The molecule has 0 spiro atoms. The highest BCUT2D eigenvalue weighted by atomic mass is 35.5. The molecule has 0 aromatic heterocycles. The van der Waals surface area contributed by atoms with Crippen LogP contribution in [-0.2, 0) is 26.2 Å². The fourth-order valence-electron chi connectivity index (χ4n) is 3.87. The molecule has 3 aromatic carbocycles. The Morgan fingerprint density at radius 3 is 2.37 bits per heavy atom. The number of rotatable bonds is 11. The second-order valence-electron chi connectivity index (χ2n) is 8.90. The Hall–Kier alpha value is -3.43. The van der Waals surface area contributed by atoms with Gasteiger partial charge in [-0.3, -0.25) is 13.9 Å². The number of hydrogen-bond donors (Lipinski definition) is 1. The Balaban J connectivity index is 2.03. The summed E-state index contributed by atoms with van der Waals surface area (Å²) >= 11 is 5.97. The predicted octanol–water partition coefficient (Wildman–Crippen LogP) is 4.93. The molecular formula is C28H31ClFN3O4S. The predicted molar refractivity (Wildman–Crippen MR) is 147 cm³/mol. The molecule has 0 bridgehead atoms. The lowest BCUT2D eigenvalue weighted by atomic mass is 10.1. The van der Waals surface area contributed by atoms with E-state index in [-0.39, 0.29) is 28.1 Å². The van der Waals surface area contributed by atoms with Gasteiger partial charge in [0.05, 0.1) is 15.6 Å². The molecule has 0 aliphatic heterocycles. The summed E-state index contributed by atoms with van der Waals surface area (Å²) in [5.74, 6) is -1.68. The average Bonchev–Trinajstić information content (AvgIpc) is 2.90. The normalized spacial score (nSPS) is 12.0. The van der Waals surface area contributed by atoms with Gasteiger partial charge in [-0.15, -0.1) is 0 Å². The number of benzene rings is 3. The Bertz CT molecular complexity index is 1390. The highest BCUT2D eigenvalue weighted by Gasteiger charge is 2.32. The summed E-state index contributed by atoms with van der Waals surface area (Å²) in [5, 5.41) is 2.51. The molecule has 3 aromatic rings. The summed E-state index contributed by atoms with van der Waals surface area (Å²) in [5.41, 5.74) is 1.79. The number of nitrogens with zero attached hydrogens (tertiary/aromatic N) is 2. The number of halogens is 2. The van der Waals surface area contributed by atoms with E-state index in [1.54, 1.807) is 25.1 Å². The zero-order valence-electron chi connectivity index (χ0n) is 21.5. The van der Waals surface area contributed by atoms with E-state index in [4.69, 9.17) is 11.6 Å². The molecule has 1 atom stereocenters. The molecule has 0 saturated carbocycles. The van der Waals surface area contributed by atoms with E-state index < -0.39 is 34.3 Å². The summed E-state index contributed by atoms with van der Waals surface area (Å²) in [6.07, 6.45) is 0.721. The third kappa shape index (κ3) is 7.11. The first-order valence-electron chi connectivity index (χ1n) is 12.2. The quantitative estimate of drug-likeness (QED) is 0.361. The van der Waals surface area contributed by atoms with Gasteiger partial charge in [-0.2, -0.15) is 0 Å². The van der Waals surface area contributed by atoms with Crippen molar-refractivity contribution >= 4 is 39.1 Å². The maximum Gasteiger partial charge on any atom is 0.264 e. The SMILES string of the molecule is CCCNC(=O)[C@@H](C)N(Cc1cccc(C)c1)C(=O)CN(c1ccc(F)c(Cl)c1)S(=O)(=O)c1ccccc1. The summed E-state index contributed by atoms with van der Waals surface area (Å²) in [4.78, 5) is 28.0. The van der Waals surface area contributed by atoms with Crippen LogP contribution in [-0.4, -0.2) is 44.3 Å². The molecule has 10 heteroatoms. The van der Waals surface area contributed by atoms with Crippen LogP contribution < -0.4 is 9.62 Å². The topological polar surface area (TPSA) is 86.8 Å². The fraction of sp³-hybridized carbons (Fsp3) is 0.286. The van der Waals surface area contributed by atoms with Crippen molar-refractivity contribution in [2.75, 3.05) is 17.4 Å². The summed E-state index contributed by atoms with van der Waals surface area (Å²) in [6.45, 7) is 5.34. The smallest absolute Gasteiger partial charge is 0.264 e. The molecule has 0 fully saturated rings. The average molecular weight is 560 g/mol. The molecule has 0 heterocycles. The molecule has 0 radical (unpaired) electrons. The molecule has 38 heavy (non-hydrogen) atoms. The number of hydrogen-bond acceptors (Lipinski definition) is 4. The first-order valence-corrected chi connectivity index (χ1v) is 14.0. The van der Waals surface area contributed by atoms with Crippen molar-refractivity contribution in [3.05, 3.63) is 94.8 Å². The number of anilines is 1. The van der Waals surface area contributed by atoms with Crippen LogP contribution in [0.5, 0.6) is 0 Å². The Morgan fingerprint density at radius 1 is 1.03 bits per heavy atom. The Kier molecular flexibility index (Phi) is 9.88. The monoisotopic (exact) mass is 559 g/mol. The summed E-state index contributed by atoms with van der Waals surface area (Å²) in [6, 6.07) is 17.7. The maximum absolute atomic E-state index is 13.9. The second-order valence-corrected chi connectivity index (χ2v) is 11.2. The zero-order chi connectivity index (χ0) is 27.9. The molecule has 202 valence electrons. The first kappa shape index (κ1) is 29.1. The Labute approximate surface area is 228 Å². The molecule has 0 aliphatic rings. The number of aryl methyl sites for hydroxylation is 1. The molecule has 0 saturated heterocycles. The minimum absolute atomic E-state index is 0.0206. The van der Waals surface area contributed by atoms with Gasteiger partial charge in [-0.1, -0.05) is 66.6 Å². The van der Waals surface area contributed by atoms with Gasteiger partial charge in [0.1, 0.15) is 18.4 Å². The van der Waals surface area contributed by atoms with Crippen LogP contribution in [0.1, 0.15) is 31.4 Å². The van der Waals surface area contributed by atoms with Crippen LogP contribution in [0.25, 0.3) is 0 Å². The van der Waals surface area contributed by atoms with Crippen LogP contribution in [0.2, 0.25) is 5.02 Å². The van der Waals surface area contributed by atoms with Crippen molar-refractivity contribution < 1.29 is 22.4 Å². The van der Waals surface area contributed by atoms with Crippen molar-refractivity contribution in [2.45, 2.75) is 44.7 Å². The fourth-order valence-corrected chi connectivity index (χ4v) is 5.48. The van der Waals surface area contributed by atoms with Gasteiger partial charge < -0.3 is 10.2 Å². The van der Waals surface area contributed by atoms with E-state index in [0.717, 1.165) is 34.0 Å². The van der Waals surface area contributed by atoms with Crippen LogP contribution in [0.3, 0.4) is 0 Å². The van der Waals surface area contributed by atoms with Crippen LogP contribution in [0.4, 0.5) is 10.1 Å². The van der Waals surface area contributed by atoms with Gasteiger partial charge in [0, 0.05) is 13.1 Å². The number of nitrogens with one attached hydrogen (secondary N) is 1. The van der Waals surface area contributed by atoms with Gasteiger partial charge in [0.25, 0.3) is 10.0 Å². The van der Waals surface area contributed by atoms with Crippen LogP contribution in [0, 0.1) is 12.7 Å². The largest absolute Gasteiger partial charge is 0.354 e. The highest BCUT2D eigenvalue weighted by Crippen LogP contribution is 2.28. The first-order chi connectivity index (χ1) is 18.0. The third-order valence-corrected chi connectivity index (χ3v) is 8.03. The van der Waals surface area contributed by atoms with Gasteiger partial charge in [-0.25, -0.2) is 12.8 Å². The van der Waals surface area contributed by atoms with Crippen LogP contribution >= 0.6 is 11.6 Å². The van der Waals surface area contributed by atoms with Gasteiger partial charge in [0.2, 0.25) is 11.8 Å². The molecule has 0 unspecified atom stereocenters. The maximum atomic E-state index is 13.9. The second kappa shape index (κ2) is 12.9. The van der Waals surface area contributed by atoms with Crippen molar-refractivity contribution in [3.8, 4) is 0 Å². The van der Waals surface area contributed by atoms with E-state index >= 15 is 0 Å². The van der Waals surface area contributed by atoms with Crippen molar-refractivity contribution in [1.82, 2.24) is 10.2 Å². The molecule has 0 aliphatic carbocycles. The van der Waals surface area contributed by atoms with Gasteiger partial charge in [-0.05, 0) is 56.2 Å². The number of sulfonamides is 1. The molecule has 7 nitrogen and oxygen atoms in total. The lowest BCUT2D eigenvalue weighted by molar-refractivity contribution is -0.139. The number of carbonyl (C=O) groups excluding carboxylic acids is 2. The van der Waals surface area contributed by atoms with Crippen LogP contribution in [0.15, 0.2) is 77.7 Å².